The Hall–Kier alpha value is -2.83. The molecule has 1 aromatic heterocycles. The van der Waals surface area contributed by atoms with Crippen molar-refractivity contribution in [3.8, 4) is 5.75 Å². The van der Waals surface area contributed by atoms with Crippen molar-refractivity contribution >= 4 is 34.3 Å². The second-order valence-electron chi connectivity index (χ2n) is 7.43. The van der Waals surface area contributed by atoms with E-state index >= 15 is 0 Å². The van der Waals surface area contributed by atoms with E-state index in [4.69, 9.17) is 21.1 Å². The summed E-state index contributed by atoms with van der Waals surface area (Å²) >= 11 is 5.98. The standard InChI is InChI=1S/C24H27ClN2O4/c1-16-20(15-23(28)26(2)12-5-13-30-3)21-14-19(31-4)10-11-22(21)27(16)24(29)17-6-8-18(25)9-7-17/h6-11,14H,5,12-13,15H2,1-4H3. The fourth-order valence-corrected chi connectivity index (χ4v) is 3.78. The van der Waals surface area contributed by atoms with Crippen molar-refractivity contribution in [1.82, 2.24) is 9.47 Å². The number of likely N-dealkylation sites (N-methyl/N-ethyl adjacent to an activating group) is 1. The number of fused-ring (bicyclic) bond motifs is 1. The van der Waals surface area contributed by atoms with Gasteiger partial charge in [-0.25, -0.2) is 0 Å². The van der Waals surface area contributed by atoms with E-state index in [9.17, 15) is 9.59 Å². The van der Waals surface area contributed by atoms with Crippen molar-refractivity contribution in [3.63, 3.8) is 0 Å². The van der Waals surface area contributed by atoms with E-state index in [1.807, 2.05) is 25.1 Å². The molecule has 1 heterocycles. The van der Waals surface area contributed by atoms with Gasteiger partial charge in [-0.15, -0.1) is 0 Å². The molecule has 0 aliphatic carbocycles. The molecule has 0 aliphatic heterocycles. The first-order valence-corrected chi connectivity index (χ1v) is 10.5. The molecular weight excluding hydrogens is 416 g/mol. The van der Waals surface area contributed by atoms with Crippen LogP contribution >= 0.6 is 11.6 Å². The fraction of sp³-hybridized carbons (Fsp3) is 0.333. The number of nitrogens with zero attached hydrogens (tertiary/aromatic N) is 2. The van der Waals surface area contributed by atoms with Crippen LogP contribution in [0.5, 0.6) is 5.75 Å². The van der Waals surface area contributed by atoms with Crippen LogP contribution in [0.3, 0.4) is 0 Å². The van der Waals surface area contributed by atoms with E-state index < -0.39 is 0 Å². The largest absolute Gasteiger partial charge is 0.497 e. The van der Waals surface area contributed by atoms with E-state index in [1.165, 1.54) is 0 Å². The molecular formula is C24H27ClN2O4. The van der Waals surface area contributed by atoms with Gasteiger partial charge in [0, 0.05) is 49.0 Å². The van der Waals surface area contributed by atoms with Crippen LogP contribution in [0, 0.1) is 6.92 Å². The maximum atomic E-state index is 13.3. The first-order valence-electron chi connectivity index (χ1n) is 10.1. The molecule has 0 N–H and O–H groups in total. The minimum absolute atomic E-state index is 0.0139. The van der Waals surface area contributed by atoms with Gasteiger partial charge < -0.3 is 14.4 Å². The number of hydrogen-bond acceptors (Lipinski definition) is 4. The first kappa shape index (κ1) is 22.8. The van der Waals surface area contributed by atoms with Gasteiger partial charge in [0.1, 0.15) is 5.75 Å². The highest BCUT2D eigenvalue weighted by atomic mass is 35.5. The summed E-state index contributed by atoms with van der Waals surface area (Å²) in [7, 11) is 5.02. The van der Waals surface area contributed by atoms with Crippen LogP contribution in [0.4, 0.5) is 0 Å². The summed E-state index contributed by atoms with van der Waals surface area (Å²) in [5.74, 6) is 0.488. The molecule has 1 amide bonds. The van der Waals surface area contributed by atoms with Crippen LogP contribution in [0.1, 0.15) is 28.0 Å². The molecule has 0 fully saturated rings. The van der Waals surface area contributed by atoms with Crippen molar-refractivity contribution in [2.75, 3.05) is 34.4 Å². The van der Waals surface area contributed by atoms with E-state index in [1.54, 1.807) is 55.0 Å². The van der Waals surface area contributed by atoms with Gasteiger partial charge in [-0.1, -0.05) is 11.6 Å². The molecule has 164 valence electrons. The highest BCUT2D eigenvalue weighted by Crippen LogP contribution is 2.31. The second-order valence-corrected chi connectivity index (χ2v) is 7.87. The van der Waals surface area contributed by atoms with Gasteiger partial charge in [-0.2, -0.15) is 0 Å². The lowest BCUT2D eigenvalue weighted by Crippen LogP contribution is -2.30. The van der Waals surface area contributed by atoms with E-state index in [2.05, 4.69) is 0 Å². The van der Waals surface area contributed by atoms with Gasteiger partial charge in [0.15, 0.2) is 0 Å². The smallest absolute Gasteiger partial charge is 0.262 e. The summed E-state index contributed by atoms with van der Waals surface area (Å²) in [6, 6.07) is 12.3. The lowest BCUT2D eigenvalue weighted by molar-refractivity contribution is -0.129. The number of ether oxygens (including phenoxy) is 2. The Balaban J connectivity index is 2.02. The average molecular weight is 443 g/mol. The maximum absolute atomic E-state index is 13.3. The Labute approximate surface area is 187 Å². The third-order valence-corrected chi connectivity index (χ3v) is 5.68. The number of carbonyl (C=O) groups is 2. The Morgan fingerprint density at radius 2 is 1.81 bits per heavy atom. The minimum Gasteiger partial charge on any atom is -0.497 e. The number of aromatic nitrogens is 1. The molecule has 0 saturated carbocycles. The van der Waals surface area contributed by atoms with Gasteiger partial charge in [-0.3, -0.25) is 14.2 Å². The van der Waals surface area contributed by atoms with Crippen LogP contribution in [0.15, 0.2) is 42.5 Å². The number of rotatable bonds is 8. The average Bonchev–Trinajstić information content (AvgIpc) is 3.04. The monoisotopic (exact) mass is 442 g/mol. The molecule has 0 spiro atoms. The fourth-order valence-electron chi connectivity index (χ4n) is 3.65. The summed E-state index contributed by atoms with van der Waals surface area (Å²) in [6.45, 7) is 3.08. The number of halogens is 1. The normalized spacial score (nSPS) is 11.0. The molecule has 0 aliphatic rings. The van der Waals surface area contributed by atoms with Crippen LogP contribution in [0.25, 0.3) is 10.9 Å². The molecule has 3 aromatic rings. The van der Waals surface area contributed by atoms with Crippen LogP contribution in [-0.4, -0.2) is 55.7 Å². The number of hydrogen-bond donors (Lipinski definition) is 0. The van der Waals surface area contributed by atoms with Crippen LogP contribution in [-0.2, 0) is 16.0 Å². The third-order valence-electron chi connectivity index (χ3n) is 5.43. The molecule has 0 atom stereocenters. The molecule has 0 radical (unpaired) electrons. The molecule has 7 heteroatoms. The number of carbonyl (C=O) groups excluding carboxylic acids is 2. The van der Waals surface area contributed by atoms with Gasteiger partial charge in [0.2, 0.25) is 5.91 Å². The topological polar surface area (TPSA) is 60.8 Å². The van der Waals surface area contributed by atoms with Crippen molar-refractivity contribution < 1.29 is 19.1 Å². The number of methoxy groups -OCH3 is 2. The molecule has 31 heavy (non-hydrogen) atoms. The van der Waals surface area contributed by atoms with E-state index in [0.29, 0.717) is 29.5 Å². The zero-order chi connectivity index (χ0) is 22.5. The summed E-state index contributed by atoms with van der Waals surface area (Å²) in [6.07, 6.45) is 0.961. The highest BCUT2D eigenvalue weighted by Gasteiger charge is 2.23. The Kier molecular flexibility index (Phi) is 7.36. The van der Waals surface area contributed by atoms with E-state index in [-0.39, 0.29) is 18.2 Å². The van der Waals surface area contributed by atoms with Crippen molar-refractivity contribution in [2.24, 2.45) is 0 Å². The van der Waals surface area contributed by atoms with Crippen molar-refractivity contribution in [1.29, 1.82) is 0 Å². The lowest BCUT2D eigenvalue weighted by Gasteiger charge is -2.17. The Morgan fingerprint density at radius 1 is 1.10 bits per heavy atom. The molecule has 2 aromatic carbocycles. The molecule has 0 unspecified atom stereocenters. The quantitative estimate of drug-likeness (QED) is 0.487. The predicted octanol–water partition coefficient (Wildman–Crippen LogP) is 4.34. The highest BCUT2D eigenvalue weighted by molar-refractivity contribution is 6.30. The van der Waals surface area contributed by atoms with Crippen LogP contribution < -0.4 is 4.74 Å². The van der Waals surface area contributed by atoms with E-state index in [0.717, 1.165) is 28.6 Å². The van der Waals surface area contributed by atoms with Crippen molar-refractivity contribution in [3.05, 3.63) is 64.3 Å². The van der Waals surface area contributed by atoms with Gasteiger partial charge in [-0.05, 0) is 61.4 Å². The van der Waals surface area contributed by atoms with Gasteiger partial charge >= 0.3 is 0 Å². The minimum atomic E-state index is -0.170. The first-order chi connectivity index (χ1) is 14.9. The predicted molar refractivity (Wildman–Crippen MR) is 122 cm³/mol. The third kappa shape index (κ3) is 4.92. The van der Waals surface area contributed by atoms with Crippen LogP contribution in [0.2, 0.25) is 5.02 Å². The molecule has 3 rings (SSSR count). The molecule has 0 saturated heterocycles. The maximum Gasteiger partial charge on any atom is 0.262 e. The number of amides is 1. The van der Waals surface area contributed by atoms with Crippen molar-refractivity contribution in [2.45, 2.75) is 19.8 Å². The summed E-state index contributed by atoms with van der Waals surface area (Å²) < 4.78 is 12.1. The molecule has 0 bridgehead atoms. The zero-order valence-corrected chi connectivity index (χ0v) is 19.0. The zero-order valence-electron chi connectivity index (χ0n) is 18.3. The summed E-state index contributed by atoms with van der Waals surface area (Å²) in [5, 5.41) is 1.40. The SMILES string of the molecule is COCCCN(C)C(=O)Cc1c(C)n(C(=O)c2ccc(Cl)cc2)c2ccc(OC)cc12. The Bertz CT molecular complexity index is 1090. The van der Waals surface area contributed by atoms with Gasteiger partial charge in [0.05, 0.1) is 19.0 Å². The summed E-state index contributed by atoms with van der Waals surface area (Å²) in [4.78, 5) is 27.9. The summed E-state index contributed by atoms with van der Waals surface area (Å²) in [5.41, 5.74) is 2.82. The van der Waals surface area contributed by atoms with Gasteiger partial charge in [0.25, 0.3) is 5.91 Å². The lowest BCUT2D eigenvalue weighted by atomic mass is 10.1. The number of benzene rings is 2. The Morgan fingerprint density at radius 3 is 2.45 bits per heavy atom. The molecule has 6 nitrogen and oxygen atoms in total. The second kappa shape index (κ2) is 9.98.